The molecule has 1 heterocycles. The van der Waals surface area contributed by atoms with E-state index in [2.05, 4.69) is 21.5 Å². The topological polar surface area (TPSA) is 110 Å². The van der Waals surface area contributed by atoms with Gasteiger partial charge in [0.25, 0.3) is 5.89 Å². The molecule has 3 aromatic rings. The van der Waals surface area contributed by atoms with Crippen LogP contribution in [-0.2, 0) is 11.2 Å². The third-order valence-electron chi connectivity index (χ3n) is 5.12. The Morgan fingerprint density at radius 1 is 1.32 bits per heavy atom. The number of methoxy groups -OCH3 is 1. The van der Waals surface area contributed by atoms with E-state index in [4.69, 9.17) is 14.0 Å². The molecule has 0 saturated heterocycles. The Labute approximate surface area is 179 Å². The third kappa shape index (κ3) is 4.08. The fourth-order valence-corrected chi connectivity index (χ4v) is 3.77. The summed E-state index contributed by atoms with van der Waals surface area (Å²) in [6.07, 6.45) is 1.06. The number of amides is 1. The monoisotopic (exact) mass is 418 g/mol. The Morgan fingerprint density at radius 3 is 2.90 bits per heavy atom. The Morgan fingerprint density at radius 2 is 2.16 bits per heavy atom. The smallest absolute Gasteiger partial charge is 0.407 e. The second-order valence-corrected chi connectivity index (χ2v) is 7.51. The number of ether oxygens (including phenoxy) is 2. The maximum absolute atomic E-state index is 11.6. The summed E-state index contributed by atoms with van der Waals surface area (Å²) in [4.78, 5) is 16.2. The van der Waals surface area contributed by atoms with Gasteiger partial charge in [0.1, 0.15) is 11.8 Å². The first-order chi connectivity index (χ1) is 15.0. The van der Waals surface area contributed by atoms with Gasteiger partial charge in [0, 0.05) is 11.1 Å². The number of fused-ring (bicyclic) bond motifs is 1. The molecule has 0 aliphatic heterocycles. The molecule has 0 unspecified atom stereocenters. The average Bonchev–Trinajstić information content (AvgIpc) is 3.41. The first-order valence-corrected chi connectivity index (χ1v) is 10.0. The van der Waals surface area contributed by atoms with Crippen LogP contribution in [0, 0.1) is 11.3 Å². The number of alkyl carbamates (subject to hydrolysis) is 1. The molecule has 1 aliphatic rings. The molecule has 8 nitrogen and oxygen atoms in total. The summed E-state index contributed by atoms with van der Waals surface area (Å²) in [5.41, 5.74) is 4.01. The molecule has 4 rings (SSSR count). The van der Waals surface area contributed by atoms with Crippen molar-refractivity contribution in [1.82, 2.24) is 15.5 Å². The Hall–Kier alpha value is -3.86. The first-order valence-electron chi connectivity index (χ1n) is 10.0. The van der Waals surface area contributed by atoms with Crippen LogP contribution in [0.4, 0.5) is 4.79 Å². The SMILES string of the molecule is COC(=O)N[C@@H]1CCc2c(-c3noc(-c4ccc(OC(C)C)c(C#N)c4)n3)cccc21. The number of carbonyl (C=O) groups excluding carboxylic acids is 1. The molecule has 0 fully saturated rings. The zero-order valence-electron chi connectivity index (χ0n) is 17.5. The Balaban J connectivity index is 1.64. The highest BCUT2D eigenvalue weighted by molar-refractivity contribution is 5.70. The van der Waals surface area contributed by atoms with Crippen molar-refractivity contribution in [1.29, 1.82) is 5.26 Å². The minimum Gasteiger partial charge on any atom is -0.490 e. The molecule has 1 aromatic heterocycles. The zero-order valence-corrected chi connectivity index (χ0v) is 17.5. The standard InChI is InChI=1S/C23H22N4O4/c1-13(2)30-20-10-7-14(11-15(20)12-24)22-26-21(27-31-22)18-6-4-5-17-16(18)8-9-19(17)25-23(28)29-3/h4-7,10-11,13,19H,8-9H2,1-3H3,(H,25,28)/t19-/m1/s1. The molecule has 1 amide bonds. The molecule has 0 bridgehead atoms. The van der Waals surface area contributed by atoms with E-state index in [9.17, 15) is 10.1 Å². The number of nitrogens with one attached hydrogen (secondary N) is 1. The predicted octanol–water partition coefficient (Wildman–Crippen LogP) is 4.41. The number of nitriles is 1. The van der Waals surface area contributed by atoms with E-state index in [1.807, 2.05) is 32.0 Å². The largest absolute Gasteiger partial charge is 0.490 e. The summed E-state index contributed by atoms with van der Waals surface area (Å²) in [6, 6.07) is 13.1. The second kappa shape index (κ2) is 8.48. The fourth-order valence-electron chi connectivity index (χ4n) is 3.77. The van der Waals surface area contributed by atoms with Gasteiger partial charge in [-0.15, -0.1) is 0 Å². The van der Waals surface area contributed by atoms with Crippen LogP contribution in [0.25, 0.3) is 22.8 Å². The lowest BCUT2D eigenvalue weighted by Gasteiger charge is -2.13. The lowest BCUT2D eigenvalue weighted by atomic mass is 10.0. The Bertz CT molecular complexity index is 1160. The number of aromatic nitrogens is 2. The summed E-state index contributed by atoms with van der Waals surface area (Å²) >= 11 is 0. The van der Waals surface area contributed by atoms with E-state index in [0.717, 1.165) is 29.5 Å². The zero-order chi connectivity index (χ0) is 22.0. The van der Waals surface area contributed by atoms with Crippen molar-refractivity contribution in [2.75, 3.05) is 7.11 Å². The van der Waals surface area contributed by atoms with Gasteiger partial charge in [0.05, 0.1) is 24.8 Å². The van der Waals surface area contributed by atoms with Gasteiger partial charge in [-0.05, 0) is 56.0 Å². The van der Waals surface area contributed by atoms with E-state index >= 15 is 0 Å². The number of benzene rings is 2. The molecule has 0 radical (unpaired) electrons. The van der Waals surface area contributed by atoms with Crippen LogP contribution in [0.1, 0.15) is 43.0 Å². The van der Waals surface area contributed by atoms with E-state index < -0.39 is 6.09 Å². The van der Waals surface area contributed by atoms with Gasteiger partial charge in [0.2, 0.25) is 5.82 Å². The minimum atomic E-state index is -0.455. The lowest BCUT2D eigenvalue weighted by Crippen LogP contribution is -2.26. The van der Waals surface area contributed by atoms with Crippen molar-refractivity contribution in [3.63, 3.8) is 0 Å². The highest BCUT2D eigenvalue weighted by atomic mass is 16.5. The van der Waals surface area contributed by atoms with Gasteiger partial charge in [-0.25, -0.2) is 4.79 Å². The van der Waals surface area contributed by atoms with Crippen LogP contribution in [0.15, 0.2) is 40.9 Å². The molecule has 1 aliphatic carbocycles. The van der Waals surface area contributed by atoms with Crippen molar-refractivity contribution >= 4 is 6.09 Å². The summed E-state index contributed by atoms with van der Waals surface area (Å²) in [5.74, 6) is 1.31. The van der Waals surface area contributed by atoms with E-state index in [-0.39, 0.29) is 12.1 Å². The molecular weight excluding hydrogens is 396 g/mol. The predicted molar refractivity (Wildman–Crippen MR) is 112 cm³/mol. The van der Waals surface area contributed by atoms with Crippen molar-refractivity contribution in [3.8, 4) is 34.7 Å². The van der Waals surface area contributed by atoms with E-state index in [1.54, 1.807) is 18.2 Å². The molecule has 1 atom stereocenters. The molecule has 2 aromatic carbocycles. The van der Waals surface area contributed by atoms with Gasteiger partial charge >= 0.3 is 6.09 Å². The average molecular weight is 418 g/mol. The summed E-state index contributed by atoms with van der Waals surface area (Å²) < 4.78 is 15.9. The second-order valence-electron chi connectivity index (χ2n) is 7.51. The summed E-state index contributed by atoms with van der Waals surface area (Å²) in [5, 5.41) is 16.5. The van der Waals surface area contributed by atoms with E-state index in [0.29, 0.717) is 28.6 Å². The summed E-state index contributed by atoms with van der Waals surface area (Å²) in [7, 11) is 1.35. The minimum absolute atomic E-state index is 0.0365. The fraction of sp³-hybridized carbons (Fsp3) is 0.304. The van der Waals surface area contributed by atoms with Crippen LogP contribution in [-0.4, -0.2) is 29.4 Å². The Kier molecular flexibility index (Phi) is 5.58. The van der Waals surface area contributed by atoms with Crippen molar-refractivity contribution in [3.05, 3.63) is 53.1 Å². The number of rotatable bonds is 5. The van der Waals surface area contributed by atoms with Gasteiger partial charge in [-0.2, -0.15) is 10.2 Å². The van der Waals surface area contributed by atoms with E-state index in [1.165, 1.54) is 7.11 Å². The molecule has 0 spiro atoms. The van der Waals surface area contributed by atoms with Gasteiger partial charge < -0.3 is 19.3 Å². The van der Waals surface area contributed by atoms with Crippen molar-refractivity contribution < 1.29 is 18.8 Å². The molecular formula is C23H22N4O4. The summed E-state index contributed by atoms with van der Waals surface area (Å²) in [6.45, 7) is 3.81. The van der Waals surface area contributed by atoms with Crippen LogP contribution in [0.3, 0.4) is 0 Å². The highest BCUT2D eigenvalue weighted by Crippen LogP contribution is 2.37. The first kappa shape index (κ1) is 20.4. The number of nitrogens with zero attached hydrogens (tertiary/aromatic N) is 3. The lowest BCUT2D eigenvalue weighted by molar-refractivity contribution is 0.166. The van der Waals surface area contributed by atoms with Crippen molar-refractivity contribution in [2.45, 2.75) is 38.8 Å². The highest BCUT2D eigenvalue weighted by Gasteiger charge is 2.28. The number of carbonyl (C=O) groups is 1. The normalized spacial score (nSPS) is 14.7. The van der Waals surface area contributed by atoms with Crippen LogP contribution >= 0.6 is 0 Å². The molecule has 8 heteroatoms. The molecule has 1 N–H and O–H groups in total. The van der Waals surface area contributed by atoms with Gasteiger partial charge in [-0.1, -0.05) is 23.4 Å². The maximum Gasteiger partial charge on any atom is 0.407 e. The molecule has 31 heavy (non-hydrogen) atoms. The van der Waals surface area contributed by atoms with Gasteiger partial charge in [-0.3, -0.25) is 0 Å². The third-order valence-corrected chi connectivity index (χ3v) is 5.12. The molecule has 0 saturated carbocycles. The number of hydrogen-bond acceptors (Lipinski definition) is 7. The van der Waals surface area contributed by atoms with Crippen molar-refractivity contribution in [2.24, 2.45) is 0 Å². The van der Waals surface area contributed by atoms with Crippen LogP contribution in [0.2, 0.25) is 0 Å². The van der Waals surface area contributed by atoms with Crippen LogP contribution < -0.4 is 10.1 Å². The molecule has 158 valence electrons. The maximum atomic E-state index is 11.6. The van der Waals surface area contributed by atoms with Gasteiger partial charge in [0.15, 0.2) is 0 Å². The quantitative estimate of drug-likeness (QED) is 0.653. The van der Waals surface area contributed by atoms with Crippen LogP contribution in [0.5, 0.6) is 5.75 Å². The number of hydrogen-bond donors (Lipinski definition) is 1.